The third-order valence-electron chi connectivity index (χ3n) is 3.42. The summed E-state index contributed by atoms with van der Waals surface area (Å²) in [5, 5.41) is 4.05. The Kier molecular flexibility index (Phi) is 4.61. The fourth-order valence-electron chi connectivity index (χ4n) is 2.22. The summed E-state index contributed by atoms with van der Waals surface area (Å²) < 4.78 is 5.19. The number of nitrogens with zero attached hydrogens (tertiary/aromatic N) is 2. The second-order valence-electron chi connectivity index (χ2n) is 4.58. The van der Waals surface area contributed by atoms with Gasteiger partial charge in [-0.3, -0.25) is 4.79 Å². The molecule has 0 aliphatic carbocycles. The van der Waals surface area contributed by atoms with Crippen molar-refractivity contribution in [1.29, 1.82) is 0 Å². The highest BCUT2D eigenvalue weighted by Gasteiger charge is 2.31. The first-order chi connectivity index (χ1) is 9.69. The van der Waals surface area contributed by atoms with Crippen LogP contribution in [0.25, 0.3) is 0 Å². The molecule has 1 aliphatic heterocycles. The van der Waals surface area contributed by atoms with Crippen molar-refractivity contribution in [3.05, 3.63) is 29.8 Å². The van der Waals surface area contributed by atoms with Crippen molar-refractivity contribution >= 4 is 11.6 Å². The molecule has 1 atom stereocenters. The Morgan fingerprint density at radius 2 is 2.20 bits per heavy atom. The van der Waals surface area contributed by atoms with E-state index in [4.69, 9.17) is 9.57 Å². The maximum absolute atomic E-state index is 12.2. The number of benzene rings is 1. The van der Waals surface area contributed by atoms with Crippen molar-refractivity contribution in [3.63, 3.8) is 0 Å². The van der Waals surface area contributed by atoms with Crippen LogP contribution in [0.4, 0.5) is 0 Å². The maximum Gasteiger partial charge on any atom is 0.266 e. The molecule has 5 nitrogen and oxygen atoms in total. The lowest BCUT2D eigenvalue weighted by Crippen LogP contribution is -2.39. The minimum Gasteiger partial charge on any atom is -0.497 e. The van der Waals surface area contributed by atoms with Crippen LogP contribution < -0.4 is 4.74 Å². The van der Waals surface area contributed by atoms with Crippen molar-refractivity contribution in [3.8, 4) is 5.75 Å². The van der Waals surface area contributed by atoms with Crippen LogP contribution in [0.2, 0.25) is 0 Å². The number of hydrogen-bond donors (Lipinski definition) is 0. The molecule has 1 amide bonds. The highest BCUT2D eigenvalue weighted by molar-refractivity contribution is 6.04. The van der Waals surface area contributed by atoms with Gasteiger partial charge in [0.1, 0.15) is 5.75 Å². The van der Waals surface area contributed by atoms with Crippen molar-refractivity contribution in [1.82, 2.24) is 4.90 Å². The van der Waals surface area contributed by atoms with Crippen molar-refractivity contribution in [2.75, 3.05) is 20.2 Å². The summed E-state index contributed by atoms with van der Waals surface area (Å²) in [4.78, 5) is 19.3. The topological polar surface area (TPSA) is 51.1 Å². The summed E-state index contributed by atoms with van der Waals surface area (Å²) in [7, 11) is 1.62. The number of oxime groups is 1. The summed E-state index contributed by atoms with van der Waals surface area (Å²) in [5.41, 5.74) is 1.72. The Hall–Kier alpha value is -2.04. The monoisotopic (exact) mass is 276 g/mol. The SMILES string of the molecule is CCN(CC)C(=O)[C@H]1CC(c2cccc(OC)c2)=NO1. The Balaban J connectivity index is 2.06. The minimum absolute atomic E-state index is 0.00311. The first kappa shape index (κ1) is 14.4. The molecule has 0 N–H and O–H groups in total. The largest absolute Gasteiger partial charge is 0.497 e. The number of likely N-dealkylation sites (N-methyl/N-ethyl adjacent to an activating group) is 1. The molecule has 0 bridgehead atoms. The van der Waals surface area contributed by atoms with Gasteiger partial charge in [0.15, 0.2) is 0 Å². The number of amides is 1. The van der Waals surface area contributed by atoms with Gasteiger partial charge in [0, 0.05) is 25.1 Å². The van der Waals surface area contributed by atoms with E-state index in [1.165, 1.54) is 0 Å². The number of carbonyl (C=O) groups is 1. The van der Waals surface area contributed by atoms with E-state index in [0.717, 1.165) is 17.0 Å². The third kappa shape index (κ3) is 2.92. The molecule has 20 heavy (non-hydrogen) atoms. The van der Waals surface area contributed by atoms with Crippen LogP contribution in [0.15, 0.2) is 29.4 Å². The highest BCUT2D eigenvalue weighted by Crippen LogP contribution is 2.21. The predicted octanol–water partition coefficient (Wildman–Crippen LogP) is 2.06. The van der Waals surface area contributed by atoms with Gasteiger partial charge in [0.25, 0.3) is 5.91 Å². The molecule has 0 unspecified atom stereocenters. The first-order valence-corrected chi connectivity index (χ1v) is 6.85. The van der Waals surface area contributed by atoms with Crippen LogP contribution in [0.5, 0.6) is 5.75 Å². The molecule has 0 saturated carbocycles. The molecule has 1 aromatic rings. The van der Waals surface area contributed by atoms with Gasteiger partial charge >= 0.3 is 0 Å². The number of rotatable bonds is 5. The van der Waals surface area contributed by atoms with E-state index in [-0.39, 0.29) is 5.91 Å². The molecular weight excluding hydrogens is 256 g/mol. The number of ether oxygens (including phenoxy) is 1. The summed E-state index contributed by atoms with van der Waals surface area (Å²) in [6.45, 7) is 5.29. The molecule has 5 heteroatoms. The molecule has 1 aromatic carbocycles. The van der Waals surface area contributed by atoms with Crippen molar-refractivity contribution < 1.29 is 14.4 Å². The van der Waals surface area contributed by atoms with Gasteiger partial charge in [-0.15, -0.1) is 0 Å². The fraction of sp³-hybridized carbons (Fsp3) is 0.467. The maximum atomic E-state index is 12.2. The van der Waals surface area contributed by atoms with Gasteiger partial charge < -0.3 is 14.5 Å². The average molecular weight is 276 g/mol. The molecule has 0 spiro atoms. The second kappa shape index (κ2) is 6.41. The third-order valence-corrected chi connectivity index (χ3v) is 3.42. The van der Waals surface area contributed by atoms with Crippen LogP contribution in [0.3, 0.4) is 0 Å². The fourth-order valence-corrected chi connectivity index (χ4v) is 2.22. The molecule has 0 aromatic heterocycles. The van der Waals surface area contributed by atoms with Gasteiger partial charge in [-0.05, 0) is 26.0 Å². The number of methoxy groups -OCH3 is 1. The van der Waals surface area contributed by atoms with E-state index in [9.17, 15) is 4.79 Å². The second-order valence-corrected chi connectivity index (χ2v) is 4.58. The van der Waals surface area contributed by atoms with Gasteiger partial charge in [-0.2, -0.15) is 0 Å². The molecule has 108 valence electrons. The average Bonchev–Trinajstić information content (AvgIpc) is 2.98. The van der Waals surface area contributed by atoms with Crippen LogP contribution in [0, 0.1) is 0 Å². The van der Waals surface area contributed by atoms with E-state index in [2.05, 4.69) is 5.16 Å². The summed E-state index contributed by atoms with van der Waals surface area (Å²) in [6, 6.07) is 7.61. The van der Waals surface area contributed by atoms with Gasteiger partial charge in [0.05, 0.1) is 12.8 Å². The predicted molar refractivity (Wildman–Crippen MR) is 76.9 cm³/mol. The Labute approximate surface area is 119 Å². The van der Waals surface area contributed by atoms with E-state index < -0.39 is 6.10 Å². The molecular formula is C15H20N2O3. The molecule has 1 heterocycles. The van der Waals surface area contributed by atoms with Gasteiger partial charge in [-0.25, -0.2) is 0 Å². The quantitative estimate of drug-likeness (QED) is 0.827. The first-order valence-electron chi connectivity index (χ1n) is 6.85. The van der Waals surface area contributed by atoms with E-state index in [1.807, 2.05) is 38.1 Å². The lowest BCUT2D eigenvalue weighted by Gasteiger charge is -2.20. The minimum atomic E-state index is -0.504. The Morgan fingerprint density at radius 1 is 1.45 bits per heavy atom. The van der Waals surface area contributed by atoms with Crippen molar-refractivity contribution in [2.45, 2.75) is 26.4 Å². The van der Waals surface area contributed by atoms with Crippen LogP contribution in [-0.2, 0) is 9.63 Å². The lowest BCUT2D eigenvalue weighted by molar-refractivity contribution is -0.141. The number of carbonyl (C=O) groups excluding carboxylic acids is 1. The summed E-state index contributed by atoms with van der Waals surface area (Å²) in [6.07, 6.45) is -0.00113. The van der Waals surface area contributed by atoms with Gasteiger partial charge in [-0.1, -0.05) is 17.3 Å². The standard InChI is InChI=1S/C15H20N2O3/c1-4-17(5-2)15(18)14-10-13(16-20-14)11-7-6-8-12(9-11)19-3/h6-9,14H,4-5,10H2,1-3H3/t14-/m1/s1. The highest BCUT2D eigenvalue weighted by atomic mass is 16.6. The zero-order valence-electron chi connectivity index (χ0n) is 12.1. The summed E-state index contributed by atoms with van der Waals surface area (Å²) in [5.74, 6) is 0.764. The molecule has 0 fully saturated rings. The normalized spacial score (nSPS) is 17.4. The Bertz CT molecular complexity index is 510. The van der Waals surface area contributed by atoms with Crippen LogP contribution in [0.1, 0.15) is 25.8 Å². The molecule has 2 rings (SSSR count). The van der Waals surface area contributed by atoms with Crippen LogP contribution >= 0.6 is 0 Å². The zero-order valence-corrected chi connectivity index (χ0v) is 12.1. The van der Waals surface area contributed by atoms with E-state index in [0.29, 0.717) is 19.5 Å². The van der Waals surface area contributed by atoms with Crippen LogP contribution in [-0.4, -0.2) is 42.8 Å². The van der Waals surface area contributed by atoms with Crippen molar-refractivity contribution in [2.24, 2.45) is 5.16 Å². The molecule has 0 saturated heterocycles. The molecule has 0 radical (unpaired) electrons. The smallest absolute Gasteiger partial charge is 0.266 e. The van der Waals surface area contributed by atoms with E-state index in [1.54, 1.807) is 12.0 Å². The number of hydrogen-bond acceptors (Lipinski definition) is 4. The molecule has 1 aliphatic rings. The Morgan fingerprint density at radius 3 is 2.85 bits per heavy atom. The zero-order chi connectivity index (χ0) is 14.5. The lowest BCUT2D eigenvalue weighted by atomic mass is 10.0. The van der Waals surface area contributed by atoms with Gasteiger partial charge in [0.2, 0.25) is 6.10 Å². The van der Waals surface area contributed by atoms with E-state index >= 15 is 0 Å². The summed E-state index contributed by atoms with van der Waals surface area (Å²) >= 11 is 0.